The number of benzene rings is 2. The zero-order chi connectivity index (χ0) is 21.0. The number of pyridine rings is 1. The molecule has 0 spiro atoms. The first kappa shape index (κ1) is 19.5. The maximum Gasteiger partial charge on any atom is 0.270 e. The Balaban J connectivity index is 1.87. The smallest absolute Gasteiger partial charge is 0.270 e. The molecule has 0 aliphatic carbocycles. The second-order valence-electron chi connectivity index (χ2n) is 6.36. The van der Waals surface area contributed by atoms with Crippen LogP contribution in [0.4, 0.5) is 11.4 Å². The van der Waals surface area contributed by atoms with Crippen molar-refractivity contribution in [1.82, 2.24) is 4.57 Å². The van der Waals surface area contributed by atoms with Gasteiger partial charge in [-0.1, -0.05) is 24.3 Å². The van der Waals surface area contributed by atoms with Gasteiger partial charge in [-0.05, 0) is 30.2 Å². The molecule has 3 rings (SSSR count). The highest BCUT2D eigenvalue weighted by molar-refractivity contribution is 6.04. The number of nitro benzene ring substituents is 1. The van der Waals surface area contributed by atoms with Gasteiger partial charge in [-0.2, -0.15) is 5.26 Å². The van der Waals surface area contributed by atoms with Crippen molar-refractivity contribution in [1.29, 1.82) is 5.26 Å². The van der Waals surface area contributed by atoms with Gasteiger partial charge in [0.05, 0.1) is 28.3 Å². The van der Waals surface area contributed by atoms with Crippen LogP contribution in [-0.4, -0.2) is 15.4 Å². The molecule has 1 heterocycles. The molecule has 0 atom stereocenters. The average Bonchev–Trinajstić information content (AvgIpc) is 2.71. The maximum absolute atomic E-state index is 12.6. The number of aryl methyl sites for hydroxylation is 1. The van der Waals surface area contributed by atoms with E-state index in [1.807, 2.05) is 37.3 Å². The number of carbonyl (C=O) groups excluding carboxylic acids is 1. The number of hydrogen-bond donors (Lipinski definition) is 1. The summed E-state index contributed by atoms with van der Waals surface area (Å²) in [5, 5.41) is 22.6. The third-order valence-corrected chi connectivity index (χ3v) is 4.43. The van der Waals surface area contributed by atoms with E-state index >= 15 is 0 Å². The average molecular weight is 388 g/mol. The maximum atomic E-state index is 12.6. The molecule has 0 saturated heterocycles. The molecule has 8 heteroatoms. The first-order valence-corrected chi connectivity index (χ1v) is 8.64. The van der Waals surface area contributed by atoms with E-state index < -0.39 is 10.8 Å². The number of amides is 1. The normalized spacial score (nSPS) is 10.2. The number of non-ortho nitro benzene ring substituents is 1. The van der Waals surface area contributed by atoms with Gasteiger partial charge in [-0.15, -0.1) is 0 Å². The Morgan fingerprint density at radius 1 is 1.21 bits per heavy atom. The topological polar surface area (TPSA) is 118 Å². The standard InChI is InChI=1S/C21H16N4O4/c1-14-4-2-3-5-15(14)12-24-13-16(6-9-20(24)26)21(27)23-19-8-7-18(25(28)29)10-17(19)11-22/h2-10,13H,12H2,1H3,(H,23,27). The van der Waals surface area contributed by atoms with Crippen LogP contribution in [0.15, 0.2) is 65.6 Å². The fraction of sp³-hybridized carbons (Fsp3) is 0.0952. The van der Waals surface area contributed by atoms with Gasteiger partial charge in [0, 0.05) is 24.4 Å². The fourth-order valence-corrected chi connectivity index (χ4v) is 2.80. The van der Waals surface area contributed by atoms with Gasteiger partial charge in [0.1, 0.15) is 6.07 Å². The molecule has 1 aromatic heterocycles. The minimum absolute atomic E-state index is 0.0271. The Labute approximate surface area is 165 Å². The largest absolute Gasteiger partial charge is 0.321 e. The number of carbonyl (C=O) groups is 1. The van der Waals surface area contributed by atoms with Gasteiger partial charge in [0.15, 0.2) is 0 Å². The summed E-state index contributed by atoms with van der Waals surface area (Å²) in [7, 11) is 0. The molecule has 2 aromatic carbocycles. The summed E-state index contributed by atoms with van der Waals surface area (Å²) in [4.78, 5) is 35.0. The van der Waals surface area contributed by atoms with Crippen LogP contribution in [0.5, 0.6) is 0 Å². The molecule has 1 amide bonds. The highest BCUT2D eigenvalue weighted by Crippen LogP contribution is 2.22. The van der Waals surface area contributed by atoms with Crippen LogP contribution < -0.4 is 10.9 Å². The zero-order valence-electron chi connectivity index (χ0n) is 15.5. The van der Waals surface area contributed by atoms with Crippen LogP contribution in [0.25, 0.3) is 0 Å². The van der Waals surface area contributed by atoms with Gasteiger partial charge in [-0.3, -0.25) is 19.7 Å². The number of nitriles is 1. The van der Waals surface area contributed by atoms with E-state index in [2.05, 4.69) is 5.32 Å². The minimum atomic E-state index is -0.617. The quantitative estimate of drug-likeness (QED) is 0.532. The summed E-state index contributed by atoms with van der Waals surface area (Å²) in [5.41, 5.74) is 1.83. The molecule has 0 saturated carbocycles. The highest BCUT2D eigenvalue weighted by atomic mass is 16.6. The minimum Gasteiger partial charge on any atom is -0.321 e. The van der Waals surface area contributed by atoms with Crippen molar-refractivity contribution in [3.8, 4) is 6.07 Å². The molecule has 0 fully saturated rings. The molecule has 3 aromatic rings. The van der Waals surface area contributed by atoms with Crippen LogP contribution in [0.3, 0.4) is 0 Å². The lowest BCUT2D eigenvalue weighted by atomic mass is 10.1. The van der Waals surface area contributed by atoms with E-state index in [-0.39, 0.29) is 28.1 Å². The summed E-state index contributed by atoms with van der Waals surface area (Å²) < 4.78 is 1.43. The molecule has 1 N–H and O–H groups in total. The summed E-state index contributed by atoms with van der Waals surface area (Å²) in [5.74, 6) is -0.533. The number of nitrogens with zero attached hydrogens (tertiary/aromatic N) is 3. The van der Waals surface area contributed by atoms with E-state index in [9.17, 15) is 25.0 Å². The van der Waals surface area contributed by atoms with Crippen LogP contribution >= 0.6 is 0 Å². The van der Waals surface area contributed by atoms with E-state index in [1.165, 1.54) is 35.0 Å². The Morgan fingerprint density at radius 2 is 1.97 bits per heavy atom. The lowest BCUT2D eigenvalue weighted by molar-refractivity contribution is -0.384. The molecule has 144 valence electrons. The van der Waals surface area contributed by atoms with Gasteiger partial charge in [0.25, 0.3) is 17.2 Å². The van der Waals surface area contributed by atoms with Crippen LogP contribution in [-0.2, 0) is 6.54 Å². The summed E-state index contributed by atoms with van der Waals surface area (Å²) in [6.45, 7) is 2.25. The Kier molecular flexibility index (Phi) is 5.51. The first-order chi connectivity index (χ1) is 13.9. The number of nitro groups is 1. The van der Waals surface area contributed by atoms with E-state index in [1.54, 1.807) is 0 Å². The van der Waals surface area contributed by atoms with Crippen molar-refractivity contribution in [3.05, 3.63) is 104 Å². The van der Waals surface area contributed by atoms with Crippen molar-refractivity contribution in [2.45, 2.75) is 13.5 Å². The SMILES string of the molecule is Cc1ccccc1Cn1cc(C(=O)Nc2ccc([N+](=O)[O-])cc2C#N)ccc1=O. The lowest BCUT2D eigenvalue weighted by Gasteiger charge is -2.11. The number of nitrogens with one attached hydrogen (secondary N) is 1. The van der Waals surface area contributed by atoms with E-state index in [0.717, 1.165) is 17.2 Å². The predicted molar refractivity (Wildman–Crippen MR) is 107 cm³/mol. The van der Waals surface area contributed by atoms with Gasteiger partial charge in [0.2, 0.25) is 0 Å². The van der Waals surface area contributed by atoms with E-state index in [4.69, 9.17) is 0 Å². The monoisotopic (exact) mass is 388 g/mol. The molecule has 0 aliphatic heterocycles. The fourth-order valence-electron chi connectivity index (χ4n) is 2.80. The van der Waals surface area contributed by atoms with Gasteiger partial charge < -0.3 is 9.88 Å². The molecule has 0 bridgehead atoms. The number of anilines is 1. The third-order valence-electron chi connectivity index (χ3n) is 4.43. The number of hydrogen-bond acceptors (Lipinski definition) is 5. The Hall–Kier alpha value is -4.25. The van der Waals surface area contributed by atoms with Crippen molar-refractivity contribution < 1.29 is 9.72 Å². The molecule has 8 nitrogen and oxygen atoms in total. The molecule has 0 unspecified atom stereocenters. The lowest BCUT2D eigenvalue weighted by Crippen LogP contribution is -2.23. The summed E-state index contributed by atoms with van der Waals surface area (Å²) in [6, 6.07) is 15.8. The number of rotatable bonds is 5. The van der Waals surface area contributed by atoms with Crippen molar-refractivity contribution in [2.75, 3.05) is 5.32 Å². The Bertz CT molecular complexity index is 1210. The third kappa shape index (κ3) is 4.36. The second kappa shape index (κ2) is 8.19. The predicted octanol–water partition coefficient (Wildman–Crippen LogP) is 3.24. The molecule has 29 heavy (non-hydrogen) atoms. The molecular formula is C21H16N4O4. The van der Waals surface area contributed by atoms with Crippen LogP contribution in [0.1, 0.15) is 27.0 Å². The first-order valence-electron chi connectivity index (χ1n) is 8.64. The van der Waals surface area contributed by atoms with Crippen molar-refractivity contribution >= 4 is 17.3 Å². The number of aromatic nitrogens is 1. The molecular weight excluding hydrogens is 372 g/mol. The van der Waals surface area contributed by atoms with Gasteiger partial charge >= 0.3 is 0 Å². The van der Waals surface area contributed by atoms with Gasteiger partial charge in [-0.25, -0.2) is 0 Å². The highest BCUT2D eigenvalue weighted by Gasteiger charge is 2.14. The van der Waals surface area contributed by atoms with Crippen molar-refractivity contribution in [3.63, 3.8) is 0 Å². The van der Waals surface area contributed by atoms with Crippen LogP contribution in [0.2, 0.25) is 0 Å². The zero-order valence-corrected chi connectivity index (χ0v) is 15.5. The second-order valence-corrected chi connectivity index (χ2v) is 6.36. The summed E-state index contributed by atoms with van der Waals surface area (Å²) >= 11 is 0. The molecule has 0 radical (unpaired) electrons. The summed E-state index contributed by atoms with van der Waals surface area (Å²) in [6.07, 6.45) is 1.45. The van der Waals surface area contributed by atoms with E-state index in [0.29, 0.717) is 6.54 Å². The Morgan fingerprint density at radius 3 is 2.66 bits per heavy atom. The van der Waals surface area contributed by atoms with Crippen LogP contribution in [0, 0.1) is 28.4 Å². The molecule has 0 aliphatic rings. The van der Waals surface area contributed by atoms with Crippen molar-refractivity contribution in [2.24, 2.45) is 0 Å².